The number of benzene rings is 2. The normalized spacial score (nSPS) is 11.4. The molecule has 1 unspecified atom stereocenters. The van der Waals surface area contributed by atoms with Crippen molar-refractivity contribution in [1.82, 2.24) is 10.2 Å². The second kappa shape index (κ2) is 10.1. The molecule has 0 fully saturated rings. The van der Waals surface area contributed by atoms with Crippen molar-refractivity contribution in [1.29, 1.82) is 0 Å². The first-order valence-corrected chi connectivity index (χ1v) is 8.84. The Morgan fingerprint density at radius 2 is 1.59 bits per heavy atom. The number of likely N-dealkylation sites (N-methyl/N-ethyl adjacent to an activating group) is 1. The van der Waals surface area contributed by atoms with Crippen LogP contribution in [-0.4, -0.2) is 47.4 Å². The smallest absolute Gasteiger partial charge is 0.326 e. The van der Waals surface area contributed by atoms with E-state index in [0.717, 1.165) is 5.56 Å². The number of carbonyl (C=O) groups is 3. The summed E-state index contributed by atoms with van der Waals surface area (Å²) in [6.45, 7) is 0.351. The fourth-order valence-electron chi connectivity index (χ4n) is 2.71. The van der Waals surface area contributed by atoms with Crippen LogP contribution in [0.2, 0.25) is 0 Å². The Balaban J connectivity index is 1.81. The number of nitrogens with zero attached hydrogens (tertiary/aromatic N) is 1. The number of carboxylic acid groups (broad SMARTS) is 1. The van der Waals surface area contributed by atoms with Gasteiger partial charge in [-0.3, -0.25) is 9.59 Å². The molecule has 27 heavy (non-hydrogen) atoms. The summed E-state index contributed by atoms with van der Waals surface area (Å²) in [5.41, 5.74) is 1.43. The van der Waals surface area contributed by atoms with Gasteiger partial charge in [-0.25, -0.2) is 4.79 Å². The molecule has 0 spiro atoms. The molecule has 0 bridgehead atoms. The van der Waals surface area contributed by atoms with Gasteiger partial charge in [-0.15, -0.1) is 0 Å². The molecule has 0 radical (unpaired) electrons. The van der Waals surface area contributed by atoms with Crippen molar-refractivity contribution in [2.45, 2.75) is 25.3 Å². The molecule has 142 valence electrons. The van der Waals surface area contributed by atoms with Gasteiger partial charge >= 0.3 is 5.97 Å². The Labute approximate surface area is 158 Å². The lowest BCUT2D eigenvalue weighted by Crippen LogP contribution is -2.44. The Bertz CT molecular complexity index is 762. The summed E-state index contributed by atoms with van der Waals surface area (Å²) in [6, 6.07) is 17.1. The topological polar surface area (TPSA) is 86.7 Å². The molecule has 0 aliphatic heterocycles. The maximum absolute atomic E-state index is 12.3. The molecule has 6 heteroatoms. The van der Waals surface area contributed by atoms with E-state index >= 15 is 0 Å². The molecule has 2 aromatic rings. The third-order valence-electron chi connectivity index (χ3n) is 4.31. The molecule has 2 rings (SSSR count). The van der Waals surface area contributed by atoms with Crippen molar-refractivity contribution in [3.8, 4) is 0 Å². The third kappa shape index (κ3) is 6.26. The average Bonchev–Trinajstić information content (AvgIpc) is 2.69. The van der Waals surface area contributed by atoms with Gasteiger partial charge in [0.05, 0.1) is 0 Å². The molecule has 0 aliphatic rings. The van der Waals surface area contributed by atoms with Crippen molar-refractivity contribution in [3.63, 3.8) is 0 Å². The van der Waals surface area contributed by atoms with Gasteiger partial charge in [0.15, 0.2) is 0 Å². The van der Waals surface area contributed by atoms with E-state index in [0.29, 0.717) is 18.5 Å². The van der Waals surface area contributed by atoms with Gasteiger partial charge in [-0.1, -0.05) is 48.5 Å². The summed E-state index contributed by atoms with van der Waals surface area (Å²) in [5.74, 6) is -1.48. The van der Waals surface area contributed by atoms with E-state index in [9.17, 15) is 19.5 Å². The average molecular weight is 368 g/mol. The molecule has 2 aromatic carbocycles. The van der Waals surface area contributed by atoms with Gasteiger partial charge in [0.25, 0.3) is 5.91 Å². The molecule has 1 atom stereocenters. The number of aliphatic carboxylic acids is 1. The minimum absolute atomic E-state index is 0.171. The van der Waals surface area contributed by atoms with Crippen LogP contribution in [0.15, 0.2) is 60.7 Å². The zero-order valence-corrected chi connectivity index (χ0v) is 15.3. The molecule has 0 aliphatic carbocycles. The second-order valence-corrected chi connectivity index (χ2v) is 6.27. The standard InChI is InChI=1S/C21H24N2O4/c1-23(18(21(26)27)15-16-9-4-2-5-10-16)19(24)13-8-14-22-20(25)17-11-6-3-7-12-17/h2-7,9-12,18H,8,13-15H2,1H3,(H,22,25)(H,26,27). The predicted octanol–water partition coefficient (Wildman–Crippen LogP) is 2.35. The van der Waals surface area contributed by atoms with E-state index in [1.807, 2.05) is 36.4 Å². The monoisotopic (exact) mass is 368 g/mol. The van der Waals surface area contributed by atoms with E-state index in [4.69, 9.17) is 0 Å². The molecular formula is C21H24N2O4. The summed E-state index contributed by atoms with van der Waals surface area (Å²) in [4.78, 5) is 37.1. The fraction of sp³-hybridized carbons (Fsp3) is 0.286. The van der Waals surface area contributed by atoms with Gasteiger partial charge < -0.3 is 15.3 Å². The fourth-order valence-corrected chi connectivity index (χ4v) is 2.71. The summed E-state index contributed by atoms with van der Waals surface area (Å²) in [6.07, 6.45) is 0.868. The van der Waals surface area contributed by atoms with E-state index in [1.165, 1.54) is 11.9 Å². The lowest BCUT2D eigenvalue weighted by Gasteiger charge is -2.25. The van der Waals surface area contributed by atoms with Crippen molar-refractivity contribution >= 4 is 17.8 Å². The van der Waals surface area contributed by atoms with Crippen LogP contribution in [0.1, 0.15) is 28.8 Å². The van der Waals surface area contributed by atoms with E-state index in [-0.39, 0.29) is 24.7 Å². The van der Waals surface area contributed by atoms with Gasteiger partial charge in [-0.2, -0.15) is 0 Å². The lowest BCUT2D eigenvalue weighted by molar-refractivity contribution is -0.149. The quantitative estimate of drug-likeness (QED) is 0.665. The molecule has 0 saturated carbocycles. The molecule has 0 heterocycles. The predicted molar refractivity (Wildman–Crippen MR) is 102 cm³/mol. The van der Waals surface area contributed by atoms with Crippen LogP contribution < -0.4 is 5.32 Å². The zero-order chi connectivity index (χ0) is 19.6. The maximum Gasteiger partial charge on any atom is 0.326 e. The Hall–Kier alpha value is -3.15. The van der Waals surface area contributed by atoms with Gasteiger partial charge in [0.2, 0.25) is 5.91 Å². The Morgan fingerprint density at radius 1 is 1.00 bits per heavy atom. The maximum atomic E-state index is 12.3. The molecule has 2 N–H and O–H groups in total. The SMILES string of the molecule is CN(C(=O)CCCNC(=O)c1ccccc1)C(Cc1ccccc1)C(=O)O. The summed E-state index contributed by atoms with van der Waals surface area (Å²) >= 11 is 0. The first kappa shape index (κ1) is 20.2. The van der Waals surface area contributed by atoms with Crippen LogP contribution in [0.4, 0.5) is 0 Å². The number of amides is 2. The van der Waals surface area contributed by atoms with Crippen LogP contribution in [-0.2, 0) is 16.0 Å². The van der Waals surface area contributed by atoms with Crippen LogP contribution in [0, 0.1) is 0 Å². The van der Waals surface area contributed by atoms with Gasteiger partial charge in [-0.05, 0) is 24.1 Å². The lowest BCUT2D eigenvalue weighted by atomic mass is 10.0. The molecular weight excluding hydrogens is 344 g/mol. The number of nitrogens with one attached hydrogen (secondary N) is 1. The number of rotatable bonds is 9. The number of carbonyl (C=O) groups excluding carboxylic acids is 2. The highest BCUT2D eigenvalue weighted by Gasteiger charge is 2.26. The molecule has 6 nitrogen and oxygen atoms in total. The summed E-state index contributed by atoms with van der Waals surface area (Å²) in [5, 5.41) is 12.2. The minimum Gasteiger partial charge on any atom is -0.480 e. The first-order valence-electron chi connectivity index (χ1n) is 8.84. The van der Waals surface area contributed by atoms with E-state index < -0.39 is 12.0 Å². The van der Waals surface area contributed by atoms with E-state index in [2.05, 4.69) is 5.32 Å². The van der Waals surface area contributed by atoms with Crippen LogP contribution in [0.5, 0.6) is 0 Å². The third-order valence-corrected chi connectivity index (χ3v) is 4.31. The van der Waals surface area contributed by atoms with Crippen molar-refractivity contribution in [2.24, 2.45) is 0 Å². The first-order chi connectivity index (χ1) is 13.0. The molecule has 0 saturated heterocycles. The number of hydrogen-bond donors (Lipinski definition) is 2. The second-order valence-electron chi connectivity index (χ2n) is 6.27. The Morgan fingerprint density at radius 3 is 2.19 bits per heavy atom. The number of carboxylic acids is 1. The van der Waals surface area contributed by atoms with Crippen molar-refractivity contribution < 1.29 is 19.5 Å². The highest BCUT2D eigenvalue weighted by Crippen LogP contribution is 2.10. The molecule has 2 amide bonds. The largest absolute Gasteiger partial charge is 0.480 e. The minimum atomic E-state index is -1.04. The van der Waals surface area contributed by atoms with Crippen LogP contribution in [0.3, 0.4) is 0 Å². The molecule has 0 aromatic heterocycles. The van der Waals surface area contributed by atoms with Gasteiger partial charge in [0, 0.05) is 32.0 Å². The Kier molecular flexibility index (Phi) is 7.55. The van der Waals surface area contributed by atoms with Crippen molar-refractivity contribution in [2.75, 3.05) is 13.6 Å². The van der Waals surface area contributed by atoms with Crippen molar-refractivity contribution in [3.05, 3.63) is 71.8 Å². The van der Waals surface area contributed by atoms with Crippen LogP contribution in [0.25, 0.3) is 0 Å². The zero-order valence-electron chi connectivity index (χ0n) is 15.3. The van der Waals surface area contributed by atoms with E-state index in [1.54, 1.807) is 24.3 Å². The van der Waals surface area contributed by atoms with Gasteiger partial charge in [0.1, 0.15) is 6.04 Å². The summed E-state index contributed by atoms with van der Waals surface area (Å²) in [7, 11) is 1.51. The highest BCUT2D eigenvalue weighted by molar-refractivity contribution is 5.94. The highest BCUT2D eigenvalue weighted by atomic mass is 16.4. The summed E-state index contributed by atoms with van der Waals surface area (Å²) < 4.78 is 0. The number of hydrogen-bond acceptors (Lipinski definition) is 3. The van der Waals surface area contributed by atoms with Crippen LogP contribution >= 0.6 is 0 Å².